The van der Waals surface area contributed by atoms with Crippen molar-refractivity contribution in [3.8, 4) is 11.5 Å². The Morgan fingerprint density at radius 3 is 2.32 bits per heavy atom. The molecule has 0 aliphatic heterocycles. The number of phenols is 1. The SMILES string of the molecule is CC(=O)Oc1c(Cl)cc(C(=O)Nc2cccc(O)c2)cc1Cl. The third-order valence-corrected chi connectivity index (χ3v) is 3.17. The maximum Gasteiger partial charge on any atom is 0.308 e. The average Bonchev–Trinajstić information content (AvgIpc) is 2.42. The highest BCUT2D eigenvalue weighted by molar-refractivity contribution is 6.38. The maximum atomic E-state index is 12.1. The predicted octanol–water partition coefficient (Wildman–Crippen LogP) is 3.88. The van der Waals surface area contributed by atoms with Crippen molar-refractivity contribution in [2.75, 3.05) is 5.32 Å². The Hall–Kier alpha value is -2.24. The second kappa shape index (κ2) is 6.68. The highest BCUT2D eigenvalue weighted by atomic mass is 35.5. The first-order valence-corrected chi connectivity index (χ1v) is 6.90. The normalized spacial score (nSPS) is 10.1. The lowest BCUT2D eigenvalue weighted by atomic mass is 10.2. The molecule has 22 heavy (non-hydrogen) atoms. The van der Waals surface area contributed by atoms with Gasteiger partial charge in [-0.3, -0.25) is 9.59 Å². The minimum atomic E-state index is -0.569. The summed E-state index contributed by atoms with van der Waals surface area (Å²) in [4.78, 5) is 23.1. The van der Waals surface area contributed by atoms with Gasteiger partial charge in [-0.2, -0.15) is 0 Å². The molecule has 1 amide bonds. The average molecular weight is 340 g/mol. The summed E-state index contributed by atoms with van der Waals surface area (Å²) in [6.07, 6.45) is 0. The van der Waals surface area contributed by atoms with Gasteiger partial charge in [0.15, 0.2) is 5.75 Å². The fourth-order valence-electron chi connectivity index (χ4n) is 1.72. The van der Waals surface area contributed by atoms with E-state index in [9.17, 15) is 14.7 Å². The van der Waals surface area contributed by atoms with Gasteiger partial charge >= 0.3 is 5.97 Å². The summed E-state index contributed by atoms with van der Waals surface area (Å²) in [5.74, 6) is -1.01. The number of halogens is 2. The van der Waals surface area contributed by atoms with Crippen molar-refractivity contribution in [1.82, 2.24) is 0 Å². The molecule has 2 aromatic rings. The predicted molar refractivity (Wildman–Crippen MR) is 83.8 cm³/mol. The maximum absolute atomic E-state index is 12.1. The standard InChI is InChI=1S/C15H11Cl2NO4/c1-8(19)22-14-12(16)5-9(6-13(14)17)15(21)18-10-3-2-4-11(20)7-10/h2-7,20H,1H3,(H,18,21). The third kappa shape index (κ3) is 3.90. The van der Waals surface area contributed by atoms with E-state index in [1.807, 2.05) is 0 Å². The van der Waals surface area contributed by atoms with Gasteiger partial charge < -0.3 is 15.2 Å². The van der Waals surface area contributed by atoms with Crippen molar-refractivity contribution < 1.29 is 19.4 Å². The van der Waals surface area contributed by atoms with E-state index in [1.54, 1.807) is 12.1 Å². The van der Waals surface area contributed by atoms with Crippen molar-refractivity contribution in [3.63, 3.8) is 0 Å². The Kier molecular flexibility index (Phi) is 4.90. The first-order valence-electron chi connectivity index (χ1n) is 6.14. The quantitative estimate of drug-likeness (QED) is 0.657. The zero-order valence-electron chi connectivity index (χ0n) is 11.4. The van der Waals surface area contributed by atoms with Crippen molar-refractivity contribution in [3.05, 3.63) is 52.0 Å². The highest BCUT2D eigenvalue weighted by Gasteiger charge is 2.15. The molecule has 0 spiro atoms. The van der Waals surface area contributed by atoms with Crippen molar-refractivity contribution in [2.24, 2.45) is 0 Å². The van der Waals surface area contributed by atoms with Gasteiger partial charge in [-0.05, 0) is 24.3 Å². The van der Waals surface area contributed by atoms with E-state index in [0.717, 1.165) is 0 Å². The fraction of sp³-hybridized carbons (Fsp3) is 0.0667. The van der Waals surface area contributed by atoms with E-state index in [-0.39, 0.29) is 27.1 Å². The number of hydrogen-bond acceptors (Lipinski definition) is 4. The molecule has 0 saturated carbocycles. The Balaban J connectivity index is 2.25. The first-order chi connectivity index (χ1) is 10.4. The van der Waals surface area contributed by atoms with Crippen LogP contribution in [0.25, 0.3) is 0 Å². The molecule has 0 aliphatic carbocycles. The largest absolute Gasteiger partial charge is 0.508 e. The number of benzene rings is 2. The molecule has 0 fully saturated rings. The minimum Gasteiger partial charge on any atom is -0.508 e. The summed E-state index contributed by atoms with van der Waals surface area (Å²) in [6.45, 7) is 1.22. The molecule has 0 saturated heterocycles. The second-order valence-corrected chi connectivity index (χ2v) is 5.18. The summed E-state index contributed by atoms with van der Waals surface area (Å²) in [5, 5.41) is 12.0. The molecule has 0 radical (unpaired) electrons. The zero-order chi connectivity index (χ0) is 16.3. The summed E-state index contributed by atoms with van der Waals surface area (Å²) < 4.78 is 4.88. The number of amides is 1. The molecule has 0 bridgehead atoms. The highest BCUT2D eigenvalue weighted by Crippen LogP contribution is 2.34. The molecule has 0 heterocycles. The zero-order valence-corrected chi connectivity index (χ0v) is 12.9. The summed E-state index contributed by atoms with van der Waals surface area (Å²) >= 11 is 11.9. The minimum absolute atomic E-state index is 0.00439. The summed E-state index contributed by atoms with van der Waals surface area (Å²) in [6, 6.07) is 8.77. The van der Waals surface area contributed by atoms with Crippen LogP contribution >= 0.6 is 23.2 Å². The lowest BCUT2D eigenvalue weighted by Crippen LogP contribution is -2.12. The first kappa shape index (κ1) is 16.1. The van der Waals surface area contributed by atoms with E-state index < -0.39 is 11.9 Å². The van der Waals surface area contributed by atoms with Crippen molar-refractivity contribution in [2.45, 2.75) is 6.92 Å². The fourth-order valence-corrected chi connectivity index (χ4v) is 2.28. The smallest absolute Gasteiger partial charge is 0.308 e. The van der Waals surface area contributed by atoms with Gasteiger partial charge in [-0.15, -0.1) is 0 Å². The summed E-state index contributed by atoms with van der Waals surface area (Å²) in [5.41, 5.74) is 0.607. The summed E-state index contributed by atoms with van der Waals surface area (Å²) in [7, 11) is 0. The Morgan fingerprint density at radius 2 is 1.77 bits per heavy atom. The molecule has 114 valence electrons. The lowest BCUT2D eigenvalue weighted by Gasteiger charge is -2.10. The monoisotopic (exact) mass is 339 g/mol. The van der Waals surface area contributed by atoms with Gasteiger partial charge in [0.2, 0.25) is 0 Å². The van der Waals surface area contributed by atoms with E-state index in [0.29, 0.717) is 5.69 Å². The van der Waals surface area contributed by atoms with E-state index in [4.69, 9.17) is 27.9 Å². The van der Waals surface area contributed by atoms with Crippen LogP contribution in [-0.4, -0.2) is 17.0 Å². The van der Waals surface area contributed by atoms with Crippen LogP contribution in [0.3, 0.4) is 0 Å². The number of carbonyl (C=O) groups excluding carboxylic acids is 2. The van der Waals surface area contributed by atoms with Crippen LogP contribution in [0.2, 0.25) is 10.0 Å². The van der Waals surface area contributed by atoms with Gasteiger partial charge in [0.05, 0.1) is 10.0 Å². The van der Waals surface area contributed by atoms with E-state index in [1.165, 1.54) is 31.2 Å². The van der Waals surface area contributed by atoms with Gasteiger partial charge in [0.1, 0.15) is 5.75 Å². The number of phenolic OH excluding ortho intramolecular Hbond substituents is 1. The van der Waals surface area contributed by atoms with Crippen LogP contribution in [0.5, 0.6) is 11.5 Å². The number of aromatic hydroxyl groups is 1. The number of esters is 1. The van der Waals surface area contributed by atoms with Crippen LogP contribution < -0.4 is 10.1 Å². The molecule has 0 aliphatic rings. The van der Waals surface area contributed by atoms with Gasteiger partial charge in [-0.1, -0.05) is 29.3 Å². The van der Waals surface area contributed by atoms with Gasteiger partial charge in [0.25, 0.3) is 5.91 Å². The molecular formula is C15H11Cl2NO4. The second-order valence-electron chi connectivity index (χ2n) is 4.37. The molecule has 0 aromatic heterocycles. The lowest BCUT2D eigenvalue weighted by molar-refractivity contribution is -0.131. The molecule has 2 aromatic carbocycles. The van der Waals surface area contributed by atoms with Crippen LogP contribution in [0.4, 0.5) is 5.69 Å². The number of ether oxygens (including phenoxy) is 1. The number of rotatable bonds is 3. The molecule has 2 N–H and O–H groups in total. The topological polar surface area (TPSA) is 75.6 Å². The number of carbonyl (C=O) groups is 2. The Labute approximate surface area is 136 Å². The molecule has 5 nitrogen and oxygen atoms in total. The van der Waals surface area contributed by atoms with Gasteiger partial charge in [-0.25, -0.2) is 0 Å². The third-order valence-electron chi connectivity index (χ3n) is 2.61. The van der Waals surface area contributed by atoms with Crippen LogP contribution in [0.1, 0.15) is 17.3 Å². The van der Waals surface area contributed by atoms with Crippen molar-refractivity contribution in [1.29, 1.82) is 0 Å². The van der Waals surface area contributed by atoms with E-state index >= 15 is 0 Å². The molecule has 7 heteroatoms. The Morgan fingerprint density at radius 1 is 1.14 bits per heavy atom. The molecular weight excluding hydrogens is 329 g/mol. The molecule has 0 unspecified atom stereocenters. The van der Waals surface area contributed by atoms with Crippen LogP contribution in [-0.2, 0) is 4.79 Å². The number of nitrogens with one attached hydrogen (secondary N) is 1. The van der Waals surface area contributed by atoms with Crippen molar-refractivity contribution >= 4 is 40.8 Å². The van der Waals surface area contributed by atoms with Gasteiger partial charge in [0, 0.05) is 24.2 Å². The van der Waals surface area contributed by atoms with E-state index in [2.05, 4.69) is 5.32 Å². The number of anilines is 1. The molecule has 0 atom stereocenters. The number of hydrogen-bond donors (Lipinski definition) is 2. The van der Waals surface area contributed by atoms with Crippen LogP contribution in [0.15, 0.2) is 36.4 Å². The molecule has 2 rings (SSSR count). The Bertz CT molecular complexity index is 723. The van der Waals surface area contributed by atoms with Crippen LogP contribution in [0, 0.1) is 0 Å².